The van der Waals surface area contributed by atoms with Gasteiger partial charge in [0.15, 0.2) is 23.3 Å². The molecule has 7 aromatic rings. The minimum Gasteiger partial charge on any atom is -0.203 e. The molecule has 622 valence electrons. The molecule has 4 fully saturated rings. The number of hydrogen-bond acceptors (Lipinski definition) is 0. The Hall–Kier alpha value is -5.45. The quantitative estimate of drug-likeness (QED) is 0.0919. The van der Waals surface area contributed by atoms with Crippen LogP contribution in [-0.2, 0) is 37.9 Å². The van der Waals surface area contributed by atoms with Gasteiger partial charge in [-0.05, 0) is 267 Å². The van der Waals surface area contributed by atoms with Crippen molar-refractivity contribution in [1.82, 2.24) is 0 Å². The zero-order chi connectivity index (χ0) is 86.5. The highest BCUT2D eigenvalue weighted by molar-refractivity contribution is 6.31. The van der Waals surface area contributed by atoms with Gasteiger partial charge in [0.25, 0.3) is 0 Å². The van der Waals surface area contributed by atoms with Crippen molar-refractivity contribution in [2.75, 3.05) is 0 Å². The van der Waals surface area contributed by atoms with Gasteiger partial charge >= 0.3 is 0 Å². The van der Waals surface area contributed by atoms with E-state index in [2.05, 4.69) is 372 Å². The van der Waals surface area contributed by atoms with E-state index in [0.29, 0.717) is 28.1 Å². The molecule has 0 aromatic heterocycles. The lowest BCUT2D eigenvalue weighted by Crippen LogP contribution is -2.51. The summed E-state index contributed by atoms with van der Waals surface area (Å²) in [6.45, 7) is 91.9. The highest BCUT2D eigenvalue weighted by Gasteiger charge is 2.55. The zero-order valence-electron chi connectivity index (χ0n) is 79.1. The molecule has 5 heteroatoms. The fourth-order valence-corrected chi connectivity index (χ4v) is 17.4. The van der Waals surface area contributed by atoms with Crippen LogP contribution in [0.25, 0.3) is 0 Å². The normalized spacial score (nSPS) is 17.0. The standard InChI is InChI=1S/C16H26.C14H24.2C12H18.C11H15Cl.C11H12F4.2C11H16.C8H18/c1-11(2)13-9-8-10-14(12(3)4)15(13)16(5,6)7;1-13(2,3)14-7-10-4-11(8-14)6-12(5-10)9-14;1-9-6-10(2)8-11(7-9)12(3,4)5;1-9-7-6-8-10(2)11(9)12(3,4)5;1-8-6-5-7-9(12)10(8)11(2,3)4;1-5-6(11(2,3)4)8(13)10(15)9(14)7(5)12;2*1-9-7-5-6-8-10(9)11(2,3)4;1-7(2,3)8(4,5)6/h8-12H,1-7H3;10-12H,4-9H2,1-3H3;2*6-8H,1-5H3;5-7H,1-4H3;1-4H3;2*5-8H,1-4H3;1-6H3. The molecule has 0 atom stereocenters. The monoisotopic (exact) mass is 1550 g/mol. The minimum atomic E-state index is -1.75. The summed E-state index contributed by atoms with van der Waals surface area (Å²) in [4.78, 5) is 0. The first kappa shape index (κ1) is 102. The largest absolute Gasteiger partial charge is 0.203 e. The average molecular weight is 1550 g/mol. The van der Waals surface area contributed by atoms with Crippen molar-refractivity contribution in [2.24, 2.45) is 39.4 Å². The first-order valence-corrected chi connectivity index (χ1v) is 42.3. The van der Waals surface area contributed by atoms with E-state index in [1.54, 1.807) is 64.9 Å². The van der Waals surface area contributed by atoms with E-state index in [1.807, 2.05) is 12.1 Å². The van der Waals surface area contributed by atoms with Crippen LogP contribution in [0.15, 0.2) is 121 Å². The van der Waals surface area contributed by atoms with Crippen LogP contribution in [-0.4, -0.2) is 0 Å². The summed E-state index contributed by atoms with van der Waals surface area (Å²) in [5.74, 6) is -1.58. The van der Waals surface area contributed by atoms with Gasteiger partial charge in [0.05, 0.1) is 0 Å². The summed E-state index contributed by atoms with van der Waals surface area (Å²) in [7, 11) is 0. The smallest absolute Gasteiger partial charge is 0.197 e. The number of aryl methyl sites for hydroxylation is 7. The van der Waals surface area contributed by atoms with Gasteiger partial charge in [-0.1, -0.05) is 373 Å². The average Bonchev–Trinajstić information content (AvgIpc) is 0.729. The molecular formula is C106H163ClF4. The minimum absolute atomic E-state index is 0.126. The molecule has 0 N–H and O–H groups in total. The third kappa shape index (κ3) is 30.6. The molecule has 0 saturated heterocycles. The zero-order valence-corrected chi connectivity index (χ0v) is 79.8. The molecule has 4 bridgehead atoms. The number of rotatable bonds is 2. The summed E-state index contributed by atoms with van der Waals surface area (Å²) in [6, 6.07) is 43.2. The maximum Gasteiger partial charge on any atom is 0.197 e. The molecule has 4 aliphatic carbocycles. The second kappa shape index (κ2) is 39.9. The Morgan fingerprint density at radius 1 is 0.315 bits per heavy atom. The second-order valence-electron chi connectivity index (χ2n) is 44.3. The summed E-state index contributed by atoms with van der Waals surface area (Å²) in [6.07, 6.45) is 9.41. The van der Waals surface area contributed by atoms with Gasteiger partial charge in [-0.3, -0.25) is 0 Å². The second-order valence-corrected chi connectivity index (χ2v) is 44.7. The first-order chi connectivity index (χ1) is 49.9. The lowest BCUT2D eigenvalue weighted by molar-refractivity contribution is -0.113. The van der Waals surface area contributed by atoms with Crippen LogP contribution in [0.5, 0.6) is 0 Å². The van der Waals surface area contributed by atoms with E-state index in [1.165, 1.54) is 84.8 Å². The Morgan fingerprint density at radius 2 is 0.613 bits per heavy atom. The molecule has 111 heavy (non-hydrogen) atoms. The van der Waals surface area contributed by atoms with Crippen LogP contribution in [0, 0.1) is 118 Å². The molecule has 0 nitrogen and oxygen atoms in total. The molecule has 0 spiro atoms. The van der Waals surface area contributed by atoms with E-state index in [-0.39, 0.29) is 43.6 Å². The Balaban J connectivity index is 0.000000426. The SMILES string of the molecule is CC(C)(C)C(C)(C)C.CC(C)(C)C12CC3CC(CC(C3)C1)C2.CC(C)c1cccc(C(C)C)c1C(C)(C)C.Cc1c(F)c(F)c(F)c(F)c1C(C)(C)C.Cc1cc(C)cc(C(C)(C)C)c1.Cc1cccc(C)c1C(C)(C)C.Cc1cccc(Cl)c1C(C)(C)C.Cc1ccccc1C(C)(C)C.Cc1ccccc1C(C)(C)C. The molecule has 0 amide bonds. The lowest BCUT2D eigenvalue weighted by Gasteiger charge is -2.62. The van der Waals surface area contributed by atoms with Crippen LogP contribution < -0.4 is 0 Å². The van der Waals surface area contributed by atoms with Crippen molar-refractivity contribution in [1.29, 1.82) is 0 Å². The van der Waals surface area contributed by atoms with Gasteiger partial charge < -0.3 is 0 Å². The van der Waals surface area contributed by atoms with Crippen LogP contribution >= 0.6 is 11.6 Å². The fourth-order valence-electron chi connectivity index (χ4n) is 16.9. The summed E-state index contributed by atoms with van der Waals surface area (Å²) < 4.78 is 52.4. The van der Waals surface area contributed by atoms with E-state index in [4.69, 9.17) is 11.6 Å². The van der Waals surface area contributed by atoms with Gasteiger partial charge in [0, 0.05) is 10.6 Å². The summed E-state index contributed by atoms with van der Waals surface area (Å²) in [5.41, 5.74) is 23.8. The van der Waals surface area contributed by atoms with E-state index < -0.39 is 28.7 Å². The molecule has 4 aliphatic rings. The van der Waals surface area contributed by atoms with Crippen LogP contribution in [0.1, 0.15) is 380 Å². The summed E-state index contributed by atoms with van der Waals surface area (Å²) >= 11 is 6.11. The topological polar surface area (TPSA) is 0 Å². The number of hydrogen-bond donors (Lipinski definition) is 0. The number of halogens is 5. The van der Waals surface area contributed by atoms with Gasteiger partial charge in [-0.2, -0.15) is 0 Å². The van der Waals surface area contributed by atoms with Crippen molar-refractivity contribution in [3.63, 3.8) is 0 Å². The Morgan fingerprint density at radius 3 is 0.865 bits per heavy atom. The molecule has 0 unspecified atom stereocenters. The molecule has 0 heterocycles. The van der Waals surface area contributed by atoms with E-state index in [9.17, 15) is 17.6 Å². The van der Waals surface area contributed by atoms with Gasteiger partial charge in [-0.15, -0.1) is 0 Å². The maximum absolute atomic E-state index is 13.4. The molecule has 0 aliphatic heterocycles. The van der Waals surface area contributed by atoms with Crippen molar-refractivity contribution in [3.05, 3.63) is 244 Å². The third-order valence-electron chi connectivity index (χ3n) is 23.5. The van der Waals surface area contributed by atoms with Crippen LogP contribution in [0.2, 0.25) is 5.02 Å². The van der Waals surface area contributed by atoms with Crippen molar-refractivity contribution >= 4 is 11.6 Å². The highest BCUT2D eigenvalue weighted by Crippen LogP contribution is 2.66. The Kier molecular flexibility index (Phi) is 36.6. The highest BCUT2D eigenvalue weighted by atomic mass is 35.5. The van der Waals surface area contributed by atoms with Gasteiger partial charge in [-0.25, -0.2) is 17.6 Å². The van der Waals surface area contributed by atoms with Gasteiger partial charge in [0.2, 0.25) is 0 Å². The molecular weight excluding hydrogens is 1380 g/mol. The molecule has 11 rings (SSSR count). The van der Waals surface area contributed by atoms with Crippen LogP contribution in [0.3, 0.4) is 0 Å². The Bertz CT molecular complexity index is 3760. The third-order valence-corrected chi connectivity index (χ3v) is 23.8. The predicted molar refractivity (Wildman–Crippen MR) is 486 cm³/mol. The fraction of sp³-hybridized carbons (Fsp3) is 0.604. The summed E-state index contributed by atoms with van der Waals surface area (Å²) in [5, 5.41) is 0.877. The van der Waals surface area contributed by atoms with Crippen molar-refractivity contribution in [2.45, 2.75) is 379 Å². The van der Waals surface area contributed by atoms with Crippen molar-refractivity contribution in [3.8, 4) is 0 Å². The lowest BCUT2D eigenvalue weighted by atomic mass is 9.43. The Labute approximate surface area is 687 Å². The van der Waals surface area contributed by atoms with Crippen LogP contribution in [0.4, 0.5) is 17.6 Å². The maximum atomic E-state index is 13.4. The van der Waals surface area contributed by atoms with E-state index in [0.717, 1.165) is 28.2 Å². The van der Waals surface area contributed by atoms with E-state index >= 15 is 0 Å². The van der Waals surface area contributed by atoms with Gasteiger partial charge in [0.1, 0.15) is 0 Å². The molecule has 7 aromatic carbocycles. The molecule has 0 radical (unpaired) electrons. The predicted octanol–water partition coefficient (Wildman–Crippen LogP) is 34.1. The first-order valence-electron chi connectivity index (χ1n) is 41.9. The van der Waals surface area contributed by atoms with Crippen molar-refractivity contribution < 1.29 is 17.6 Å². The molecule has 4 saturated carbocycles. The number of benzene rings is 7.